The summed E-state index contributed by atoms with van der Waals surface area (Å²) in [5.41, 5.74) is 0.0145. The number of carbonyl (C=O) groups is 1. The molecule has 0 aliphatic rings. The third-order valence-electron chi connectivity index (χ3n) is 4.51. The predicted molar refractivity (Wildman–Crippen MR) is 120 cm³/mol. The molecule has 0 amide bonds. The molecule has 0 saturated heterocycles. The van der Waals surface area contributed by atoms with Gasteiger partial charge in [-0.2, -0.15) is 9.97 Å². The molecule has 0 saturated carbocycles. The third-order valence-corrected chi connectivity index (χ3v) is 7.78. The van der Waals surface area contributed by atoms with Crippen LogP contribution in [0.3, 0.4) is 0 Å². The largest absolute Gasteiger partial charge is 0.481 e. The van der Waals surface area contributed by atoms with Gasteiger partial charge in [-0.05, 0) is 35.5 Å². The van der Waals surface area contributed by atoms with Crippen molar-refractivity contribution < 1.29 is 37.4 Å². The van der Waals surface area contributed by atoms with Gasteiger partial charge in [-0.3, -0.25) is 4.57 Å². The van der Waals surface area contributed by atoms with E-state index in [0.717, 1.165) is 11.8 Å². The number of aromatic nitrogens is 2. The number of aromatic carboxylic acids is 1. The number of carboxylic acid groups (broad SMARTS) is 1. The minimum absolute atomic E-state index is 0.0621. The Kier molecular flexibility index (Phi) is 8.04. The number of halogens is 1. The van der Waals surface area contributed by atoms with E-state index in [4.69, 9.17) is 34.5 Å². The van der Waals surface area contributed by atoms with E-state index >= 15 is 0 Å². The van der Waals surface area contributed by atoms with Gasteiger partial charge in [0.25, 0.3) is 0 Å². The van der Waals surface area contributed by atoms with E-state index in [-0.39, 0.29) is 49.7 Å². The summed E-state index contributed by atoms with van der Waals surface area (Å²) >= 11 is 7.46. The van der Waals surface area contributed by atoms with Gasteiger partial charge in [-0.15, -0.1) is 0 Å². The van der Waals surface area contributed by atoms with Crippen LogP contribution in [0.4, 0.5) is 0 Å². The molecule has 0 unspecified atom stereocenters. The maximum Gasteiger partial charge on any atom is 0.361 e. The zero-order chi connectivity index (χ0) is 24.2. The molecule has 2 heterocycles. The van der Waals surface area contributed by atoms with Crippen LogP contribution in [0.15, 0.2) is 45.0 Å². The Labute approximate surface area is 198 Å². The number of hydrogen-bond acceptors (Lipinski definition) is 10. The summed E-state index contributed by atoms with van der Waals surface area (Å²) in [7, 11) is 1.44. The lowest BCUT2D eigenvalue weighted by molar-refractivity contribution is 0.0693. The minimum Gasteiger partial charge on any atom is -0.481 e. The van der Waals surface area contributed by atoms with Crippen LogP contribution in [0, 0.1) is 0 Å². The molecule has 1 N–H and O–H groups in total. The number of nitrogens with zero attached hydrogens (tertiary/aromatic N) is 2. The smallest absolute Gasteiger partial charge is 0.361 e. The molecule has 13 heteroatoms. The van der Waals surface area contributed by atoms with Crippen LogP contribution >= 0.6 is 31.0 Å². The van der Waals surface area contributed by atoms with E-state index in [1.165, 1.54) is 46.8 Å². The lowest BCUT2D eigenvalue weighted by Crippen LogP contribution is -2.18. The Morgan fingerprint density at radius 1 is 1.15 bits per heavy atom. The molecule has 0 fully saturated rings. The fraction of sp³-hybridized carbons (Fsp3) is 0.250. The highest BCUT2D eigenvalue weighted by Gasteiger charge is 2.34. The van der Waals surface area contributed by atoms with Gasteiger partial charge in [0.15, 0.2) is 5.16 Å². The van der Waals surface area contributed by atoms with Gasteiger partial charge in [-0.1, -0.05) is 11.6 Å². The van der Waals surface area contributed by atoms with E-state index < -0.39 is 13.6 Å². The van der Waals surface area contributed by atoms with Gasteiger partial charge in [0.1, 0.15) is 5.76 Å². The molecule has 33 heavy (non-hydrogen) atoms. The second-order valence-corrected chi connectivity index (χ2v) is 9.92. The zero-order valence-corrected chi connectivity index (χ0v) is 20.5. The zero-order valence-electron chi connectivity index (χ0n) is 18.0. The lowest BCUT2D eigenvalue weighted by atomic mass is 10.1. The van der Waals surface area contributed by atoms with Crippen LogP contribution in [0.5, 0.6) is 11.8 Å². The Morgan fingerprint density at radius 2 is 1.79 bits per heavy atom. The second-order valence-electron chi connectivity index (χ2n) is 6.32. The first-order valence-electron chi connectivity index (χ1n) is 9.24. The highest BCUT2D eigenvalue weighted by atomic mass is 35.5. The first-order valence-corrected chi connectivity index (χ1v) is 12.0. The van der Waals surface area contributed by atoms with Crippen molar-refractivity contribution in [3.8, 4) is 11.8 Å². The van der Waals surface area contributed by atoms with Crippen molar-refractivity contribution in [2.45, 2.75) is 16.5 Å². The minimum atomic E-state index is -3.85. The van der Waals surface area contributed by atoms with Crippen LogP contribution < -0.4 is 14.8 Å². The first kappa shape index (κ1) is 25.1. The van der Waals surface area contributed by atoms with E-state index in [1.54, 1.807) is 12.1 Å². The number of hydrogen-bond donors (Lipinski definition) is 1. The van der Waals surface area contributed by atoms with Gasteiger partial charge in [-0.25, -0.2) is 4.79 Å². The quantitative estimate of drug-likeness (QED) is 0.307. The van der Waals surface area contributed by atoms with Gasteiger partial charge in [0.05, 0.1) is 42.4 Å². The van der Waals surface area contributed by atoms with Crippen LogP contribution in [0.25, 0.3) is 0 Å². The molecule has 1 aromatic carbocycles. The SMILES string of the molecule is COc1cc(OC)nc(Sc2cc(P(=O)(OC)OC)c(Cc3ccco3)c(Cl)c2C(=O)O)n1. The normalized spacial score (nSPS) is 11.4. The third kappa shape index (κ3) is 5.34. The molecule has 176 valence electrons. The van der Waals surface area contributed by atoms with Crippen molar-refractivity contribution in [2.24, 2.45) is 0 Å². The molecule has 0 bridgehead atoms. The summed E-state index contributed by atoms with van der Waals surface area (Å²) in [5.74, 6) is -0.397. The Morgan fingerprint density at radius 3 is 2.27 bits per heavy atom. The fourth-order valence-electron chi connectivity index (χ4n) is 2.94. The van der Waals surface area contributed by atoms with Gasteiger partial charge in [0, 0.05) is 25.5 Å². The number of furan rings is 1. The topological polar surface area (TPSA) is 130 Å². The molecular weight excluding hydrogens is 495 g/mol. The summed E-state index contributed by atoms with van der Waals surface area (Å²) in [5, 5.41) is 10.0. The number of ether oxygens (including phenoxy) is 2. The highest BCUT2D eigenvalue weighted by molar-refractivity contribution is 7.99. The molecule has 2 aromatic heterocycles. The second kappa shape index (κ2) is 10.6. The average molecular weight is 515 g/mol. The van der Waals surface area contributed by atoms with E-state index in [0.29, 0.717) is 5.76 Å². The maximum absolute atomic E-state index is 13.4. The van der Waals surface area contributed by atoms with Crippen molar-refractivity contribution in [3.63, 3.8) is 0 Å². The first-order chi connectivity index (χ1) is 15.8. The van der Waals surface area contributed by atoms with Crippen molar-refractivity contribution in [2.75, 3.05) is 28.4 Å². The molecule has 0 aliphatic heterocycles. The number of benzene rings is 1. The standard InChI is InChI=1S/C20H20ClN2O8PS/c1-27-15-10-16(28-2)23-20(22-15)33-14-9-13(32(26,29-3)30-4)12(8-11-6-5-7-31-11)18(21)17(14)19(24)25/h5-7,9-10H,8H2,1-4H3,(H,24,25). The lowest BCUT2D eigenvalue weighted by Gasteiger charge is -2.21. The van der Waals surface area contributed by atoms with Crippen molar-refractivity contribution in [1.82, 2.24) is 9.97 Å². The molecule has 0 radical (unpaired) electrons. The molecule has 3 rings (SSSR count). The maximum atomic E-state index is 13.4. The van der Waals surface area contributed by atoms with Crippen molar-refractivity contribution in [1.29, 1.82) is 0 Å². The highest BCUT2D eigenvalue weighted by Crippen LogP contribution is 2.49. The molecule has 0 spiro atoms. The summed E-state index contributed by atoms with van der Waals surface area (Å²) in [6.45, 7) is 0. The predicted octanol–water partition coefficient (Wildman–Crippen LogP) is 4.29. The van der Waals surface area contributed by atoms with E-state index in [2.05, 4.69) is 9.97 Å². The van der Waals surface area contributed by atoms with Crippen LogP contribution in [-0.2, 0) is 20.0 Å². The fourth-order valence-corrected chi connectivity index (χ4v) is 5.79. The van der Waals surface area contributed by atoms with Crippen LogP contribution in [0.1, 0.15) is 21.7 Å². The van der Waals surface area contributed by atoms with Gasteiger partial charge >= 0.3 is 13.6 Å². The molecule has 0 atom stereocenters. The van der Waals surface area contributed by atoms with Gasteiger partial charge < -0.3 is 28.0 Å². The monoisotopic (exact) mass is 514 g/mol. The molecule has 10 nitrogen and oxygen atoms in total. The molecule has 0 aliphatic carbocycles. The Hall–Kier alpha value is -2.56. The van der Waals surface area contributed by atoms with Crippen LogP contribution in [0.2, 0.25) is 5.02 Å². The molecule has 3 aromatic rings. The summed E-state index contributed by atoms with van der Waals surface area (Å²) in [6, 6.07) is 6.22. The van der Waals surface area contributed by atoms with Crippen molar-refractivity contribution in [3.05, 3.63) is 52.4 Å². The van der Waals surface area contributed by atoms with E-state index in [1.807, 2.05) is 0 Å². The Balaban J connectivity index is 2.25. The van der Waals surface area contributed by atoms with Crippen molar-refractivity contribution >= 4 is 42.2 Å². The van der Waals surface area contributed by atoms with Crippen LogP contribution in [-0.4, -0.2) is 49.5 Å². The average Bonchev–Trinajstić information content (AvgIpc) is 3.32. The summed E-state index contributed by atoms with van der Waals surface area (Å²) < 4.78 is 39.4. The summed E-state index contributed by atoms with van der Waals surface area (Å²) in [6.07, 6.45) is 1.53. The molecular formula is C20H20ClN2O8PS. The number of rotatable bonds is 10. The number of carboxylic acids is 1. The summed E-state index contributed by atoms with van der Waals surface area (Å²) in [4.78, 5) is 20.7. The van der Waals surface area contributed by atoms with Gasteiger partial charge in [0.2, 0.25) is 11.8 Å². The Bertz CT molecular complexity index is 1180. The van der Waals surface area contributed by atoms with E-state index in [9.17, 15) is 14.5 Å². The number of methoxy groups -OCH3 is 2.